The Morgan fingerprint density at radius 1 is 1.00 bits per heavy atom. The van der Waals surface area contributed by atoms with Crippen molar-refractivity contribution < 1.29 is 0 Å². The second-order valence-electron chi connectivity index (χ2n) is 3.94. The van der Waals surface area contributed by atoms with Gasteiger partial charge in [0.1, 0.15) is 0 Å². The number of hydrogen-bond donors (Lipinski definition) is 1. The average molecular weight is 220 g/mol. The number of anilines is 1. The van der Waals surface area contributed by atoms with Crippen LogP contribution >= 0.6 is 11.6 Å². The summed E-state index contributed by atoms with van der Waals surface area (Å²) in [5, 5.41) is 6.50. The van der Waals surface area contributed by atoms with Crippen LogP contribution in [0.1, 0.15) is 13.8 Å². The molecule has 0 amide bonds. The number of halogens is 1. The maximum Gasteiger partial charge on any atom is 0.0485 e. The van der Waals surface area contributed by atoms with Crippen LogP contribution in [0, 0.1) is 0 Å². The van der Waals surface area contributed by atoms with Crippen LogP contribution in [0.25, 0.3) is 10.8 Å². The van der Waals surface area contributed by atoms with Crippen LogP contribution < -0.4 is 5.32 Å². The van der Waals surface area contributed by atoms with Gasteiger partial charge >= 0.3 is 0 Å². The first-order valence-electron chi connectivity index (χ1n) is 5.12. The number of nitrogens with one attached hydrogen (secondary N) is 1. The van der Waals surface area contributed by atoms with Gasteiger partial charge in [0.05, 0.1) is 0 Å². The lowest BCUT2D eigenvalue weighted by Crippen LogP contribution is -2.09. The highest BCUT2D eigenvalue weighted by Gasteiger charge is 2.04. The second kappa shape index (κ2) is 4.11. The smallest absolute Gasteiger partial charge is 0.0485 e. The maximum atomic E-state index is 6.14. The molecule has 2 aromatic carbocycles. The molecule has 0 aliphatic carbocycles. The van der Waals surface area contributed by atoms with Crippen molar-refractivity contribution in [1.82, 2.24) is 0 Å². The molecule has 0 unspecified atom stereocenters. The maximum absolute atomic E-state index is 6.14. The van der Waals surface area contributed by atoms with Crippen molar-refractivity contribution in [2.45, 2.75) is 19.9 Å². The lowest BCUT2D eigenvalue weighted by Gasteiger charge is -2.13. The van der Waals surface area contributed by atoms with E-state index in [4.69, 9.17) is 11.6 Å². The molecule has 1 N–H and O–H groups in total. The molecule has 0 saturated carbocycles. The summed E-state index contributed by atoms with van der Waals surface area (Å²) in [5.41, 5.74) is 1.14. The fourth-order valence-electron chi connectivity index (χ4n) is 1.70. The molecule has 78 valence electrons. The molecule has 2 rings (SSSR count). The molecule has 0 heterocycles. The Labute approximate surface area is 95.1 Å². The van der Waals surface area contributed by atoms with Crippen molar-refractivity contribution >= 4 is 28.1 Å². The summed E-state index contributed by atoms with van der Waals surface area (Å²) in [7, 11) is 0. The quantitative estimate of drug-likeness (QED) is 0.794. The van der Waals surface area contributed by atoms with Crippen LogP contribution in [-0.2, 0) is 0 Å². The van der Waals surface area contributed by atoms with Crippen molar-refractivity contribution in [2.24, 2.45) is 0 Å². The number of benzene rings is 2. The second-order valence-corrected chi connectivity index (χ2v) is 4.35. The first-order chi connectivity index (χ1) is 7.18. The molecule has 0 fully saturated rings. The van der Waals surface area contributed by atoms with E-state index in [1.807, 2.05) is 30.3 Å². The molecule has 0 aliphatic heterocycles. The van der Waals surface area contributed by atoms with Gasteiger partial charge in [-0.2, -0.15) is 0 Å². The standard InChI is InChI=1S/C13H14ClN/c1-9(2)15-13-8-7-12(14)10-5-3-4-6-11(10)13/h3-9,15H,1-2H3. The Balaban J connectivity index is 2.61. The van der Waals surface area contributed by atoms with E-state index in [0.29, 0.717) is 6.04 Å². The third kappa shape index (κ3) is 2.07. The van der Waals surface area contributed by atoms with E-state index < -0.39 is 0 Å². The van der Waals surface area contributed by atoms with E-state index in [9.17, 15) is 0 Å². The molecular weight excluding hydrogens is 206 g/mol. The van der Waals surface area contributed by atoms with Crippen LogP contribution in [0.2, 0.25) is 5.02 Å². The van der Waals surface area contributed by atoms with E-state index in [1.54, 1.807) is 0 Å². The minimum Gasteiger partial charge on any atom is -0.382 e. The number of hydrogen-bond acceptors (Lipinski definition) is 1. The summed E-state index contributed by atoms with van der Waals surface area (Å²) in [6.07, 6.45) is 0. The van der Waals surface area contributed by atoms with Crippen LogP contribution in [0.3, 0.4) is 0 Å². The van der Waals surface area contributed by atoms with Crippen LogP contribution in [0.4, 0.5) is 5.69 Å². The lowest BCUT2D eigenvalue weighted by atomic mass is 10.1. The molecule has 0 radical (unpaired) electrons. The van der Waals surface area contributed by atoms with Crippen molar-refractivity contribution in [3.8, 4) is 0 Å². The van der Waals surface area contributed by atoms with E-state index >= 15 is 0 Å². The van der Waals surface area contributed by atoms with E-state index in [0.717, 1.165) is 16.1 Å². The molecule has 2 heteroatoms. The van der Waals surface area contributed by atoms with E-state index in [-0.39, 0.29) is 0 Å². The highest BCUT2D eigenvalue weighted by atomic mass is 35.5. The summed E-state index contributed by atoms with van der Waals surface area (Å²) in [6, 6.07) is 12.6. The zero-order valence-corrected chi connectivity index (χ0v) is 9.68. The summed E-state index contributed by atoms with van der Waals surface area (Å²) < 4.78 is 0. The van der Waals surface area contributed by atoms with Crippen LogP contribution in [-0.4, -0.2) is 6.04 Å². The van der Waals surface area contributed by atoms with Gasteiger partial charge in [0.2, 0.25) is 0 Å². The molecule has 15 heavy (non-hydrogen) atoms. The van der Waals surface area contributed by atoms with Gasteiger partial charge in [0, 0.05) is 27.5 Å². The van der Waals surface area contributed by atoms with Gasteiger partial charge in [-0.05, 0) is 26.0 Å². The Hall–Kier alpha value is -1.21. The molecule has 2 aromatic rings. The van der Waals surface area contributed by atoms with Gasteiger partial charge in [-0.3, -0.25) is 0 Å². The lowest BCUT2D eigenvalue weighted by molar-refractivity contribution is 0.902. The van der Waals surface area contributed by atoms with Gasteiger partial charge < -0.3 is 5.32 Å². The Kier molecular flexibility index (Phi) is 2.83. The summed E-state index contributed by atoms with van der Waals surface area (Å²) in [5.74, 6) is 0. The SMILES string of the molecule is CC(C)Nc1ccc(Cl)c2ccccc12. The predicted molar refractivity (Wildman–Crippen MR) is 67.7 cm³/mol. The Morgan fingerprint density at radius 3 is 2.33 bits per heavy atom. The summed E-state index contributed by atoms with van der Waals surface area (Å²) in [4.78, 5) is 0. The molecule has 0 spiro atoms. The highest BCUT2D eigenvalue weighted by molar-refractivity contribution is 6.36. The summed E-state index contributed by atoms with van der Waals surface area (Å²) >= 11 is 6.14. The normalized spacial score (nSPS) is 10.9. The van der Waals surface area contributed by atoms with Gasteiger partial charge in [0.25, 0.3) is 0 Å². The van der Waals surface area contributed by atoms with Gasteiger partial charge in [0.15, 0.2) is 0 Å². The first kappa shape index (κ1) is 10.3. The van der Waals surface area contributed by atoms with E-state index in [1.165, 1.54) is 5.39 Å². The molecule has 0 atom stereocenters. The molecule has 0 bridgehead atoms. The number of fused-ring (bicyclic) bond motifs is 1. The van der Waals surface area contributed by atoms with Crippen molar-refractivity contribution in [1.29, 1.82) is 0 Å². The van der Waals surface area contributed by atoms with Crippen molar-refractivity contribution in [3.05, 3.63) is 41.4 Å². The monoisotopic (exact) mass is 219 g/mol. The zero-order chi connectivity index (χ0) is 10.8. The minimum absolute atomic E-state index is 0.426. The molecule has 1 nitrogen and oxygen atoms in total. The Bertz CT molecular complexity index is 477. The minimum atomic E-state index is 0.426. The van der Waals surface area contributed by atoms with Crippen LogP contribution in [0.5, 0.6) is 0 Å². The fraction of sp³-hybridized carbons (Fsp3) is 0.231. The molecule has 0 aliphatic rings. The third-order valence-electron chi connectivity index (χ3n) is 2.32. The van der Waals surface area contributed by atoms with Crippen LogP contribution in [0.15, 0.2) is 36.4 Å². The zero-order valence-electron chi connectivity index (χ0n) is 8.92. The first-order valence-corrected chi connectivity index (χ1v) is 5.50. The van der Waals surface area contributed by atoms with E-state index in [2.05, 4.69) is 25.2 Å². The third-order valence-corrected chi connectivity index (χ3v) is 2.64. The van der Waals surface area contributed by atoms with Gasteiger partial charge in [-0.15, -0.1) is 0 Å². The van der Waals surface area contributed by atoms with Crippen molar-refractivity contribution in [2.75, 3.05) is 5.32 Å². The summed E-state index contributed by atoms with van der Waals surface area (Å²) in [6.45, 7) is 4.26. The Morgan fingerprint density at radius 2 is 1.67 bits per heavy atom. The number of rotatable bonds is 2. The predicted octanol–water partition coefficient (Wildman–Crippen LogP) is 4.31. The van der Waals surface area contributed by atoms with Gasteiger partial charge in [-0.25, -0.2) is 0 Å². The topological polar surface area (TPSA) is 12.0 Å². The van der Waals surface area contributed by atoms with Gasteiger partial charge in [-0.1, -0.05) is 35.9 Å². The van der Waals surface area contributed by atoms with Crippen molar-refractivity contribution in [3.63, 3.8) is 0 Å². The molecule has 0 saturated heterocycles. The molecule has 0 aromatic heterocycles. The highest BCUT2D eigenvalue weighted by Crippen LogP contribution is 2.29. The molecular formula is C13H14ClN. The average Bonchev–Trinajstić information content (AvgIpc) is 2.22. The fourth-order valence-corrected chi connectivity index (χ4v) is 1.93. The largest absolute Gasteiger partial charge is 0.382 e.